The average Bonchev–Trinajstić information content (AvgIpc) is 3.44. The van der Waals surface area contributed by atoms with Crippen LogP contribution >= 0.6 is 70.6 Å². The molecule has 3 rings (SSSR count). The molecule has 0 aliphatic carbocycles. The van der Waals surface area contributed by atoms with Crippen LogP contribution in [0.4, 0.5) is 0 Å². The molecular formula is C20H30O4S6. The van der Waals surface area contributed by atoms with Crippen LogP contribution in [-0.4, -0.2) is 83.9 Å². The van der Waals surface area contributed by atoms with Crippen LogP contribution in [0, 0.1) is 0 Å². The number of thioether (sulfide) groups is 6. The molecule has 0 saturated carbocycles. The van der Waals surface area contributed by atoms with Crippen LogP contribution in [0.1, 0.15) is 6.92 Å². The average molecular weight is 527 g/mol. The molecule has 0 amide bonds. The van der Waals surface area contributed by atoms with E-state index in [1.807, 2.05) is 71.3 Å². The van der Waals surface area contributed by atoms with Gasteiger partial charge >= 0.3 is 0 Å². The molecule has 2 N–H and O–H groups in total. The number of aliphatic hydroxyl groups is 2. The van der Waals surface area contributed by atoms with Crippen LogP contribution in [-0.2, 0) is 0 Å². The monoisotopic (exact) mass is 526 g/mol. The fourth-order valence-electron chi connectivity index (χ4n) is 2.76. The number of aliphatic hydroxyl groups excluding tert-OH is 2. The van der Waals surface area contributed by atoms with Crippen molar-refractivity contribution in [1.82, 2.24) is 0 Å². The molecule has 2 heterocycles. The Morgan fingerprint density at radius 2 is 1.77 bits per heavy atom. The summed E-state index contributed by atoms with van der Waals surface area (Å²) in [5.41, 5.74) is -0.305. The van der Waals surface area contributed by atoms with Crippen molar-refractivity contribution in [3.8, 4) is 11.5 Å². The van der Waals surface area contributed by atoms with Crippen molar-refractivity contribution in [2.45, 2.75) is 35.1 Å². The lowest BCUT2D eigenvalue weighted by Gasteiger charge is -2.22. The van der Waals surface area contributed by atoms with Crippen molar-refractivity contribution in [2.75, 3.05) is 45.5 Å². The molecular weight excluding hydrogens is 497 g/mol. The van der Waals surface area contributed by atoms with Crippen molar-refractivity contribution >= 4 is 70.6 Å². The maximum Gasteiger partial charge on any atom is 0.170 e. The third-order valence-electron chi connectivity index (χ3n) is 4.34. The third-order valence-corrected chi connectivity index (χ3v) is 13.2. The number of hydrogen-bond donors (Lipinski definition) is 2. The Bertz CT molecular complexity index is 611. The molecule has 1 aromatic rings. The van der Waals surface area contributed by atoms with Gasteiger partial charge in [-0.05, 0) is 19.1 Å². The lowest BCUT2D eigenvalue weighted by molar-refractivity contribution is 0.101. The van der Waals surface area contributed by atoms with E-state index in [2.05, 4.69) is 0 Å². The number of rotatable bonds is 13. The van der Waals surface area contributed by atoms with Gasteiger partial charge in [0.05, 0.1) is 12.2 Å². The van der Waals surface area contributed by atoms with Gasteiger partial charge in [-0.1, -0.05) is 6.07 Å². The second kappa shape index (κ2) is 14.2. The lowest BCUT2D eigenvalue weighted by atomic mass is 10.3. The normalized spacial score (nSPS) is 24.5. The van der Waals surface area contributed by atoms with E-state index >= 15 is 0 Å². The molecule has 5 atom stereocenters. The molecule has 2 fully saturated rings. The Morgan fingerprint density at radius 1 is 1.07 bits per heavy atom. The van der Waals surface area contributed by atoms with Crippen LogP contribution in [0.3, 0.4) is 0 Å². The zero-order valence-electron chi connectivity index (χ0n) is 17.0. The first-order valence-electron chi connectivity index (χ1n) is 9.94. The van der Waals surface area contributed by atoms with E-state index in [0.29, 0.717) is 27.8 Å². The highest BCUT2D eigenvalue weighted by Gasteiger charge is 2.23. The van der Waals surface area contributed by atoms with Gasteiger partial charge in [0.25, 0.3) is 0 Å². The minimum absolute atomic E-state index is 0.272. The second-order valence-electron chi connectivity index (χ2n) is 7.09. The van der Waals surface area contributed by atoms with E-state index in [0.717, 1.165) is 16.6 Å². The van der Waals surface area contributed by atoms with Crippen molar-refractivity contribution < 1.29 is 19.7 Å². The van der Waals surface area contributed by atoms with Crippen LogP contribution < -0.4 is 9.47 Å². The number of ether oxygens (including phenoxy) is 2. The van der Waals surface area contributed by atoms with E-state index in [4.69, 9.17) is 9.47 Å². The van der Waals surface area contributed by atoms with E-state index in [1.54, 1.807) is 30.4 Å². The third kappa shape index (κ3) is 9.37. The maximum atomic E-state index is 10.2. The van der Waals surface area contributed by atoms with E-state index in [-0.39, 0.29) is 12.0 Å². The topological polar surface area (TPSA) is 58.9 Å². The van der Waals surface area contributed by atoms with Crippen molar-refractivity contribution in [3.05, 3.63) is 24.3 Å². The molecule has 0 aromatic heterocycles. The summed E-state index contributed by atoms with van der Waals surface area (Å²) in [6.45, 7) is 2.04. The Hall–Kier alpha value is 0.840. The fourth-order valence-corrected chi connectivity index (χ4v) is 11.4. The van der Waals surface area contributed by atoms with Crippen LogP contribution in [0.2, 0.25) is 0 Å². The largest absolute Gasteiger partial charge is 0.491 e. The quantitative estimate of drug-likeness (QED) is 0.357. The van der Waals surface area contributed by atoms with Gasteiger partial charge in [0.2, 0.25) is 0 Å². The Balaban J connectivity index is 1.39. The maximum absolute atomic E-state index is 10.2. The fraction of sp³-hybridized carbons (Fsp3) is 0.700. The minimum atomic E-state index is -0.561. The molecule has 1 aromatic carbocycles. The first-order valence-corrected chi connectivity index (χ1v) is 16.5. The van der Waals surface area contributed by atoms with Gasteiger partial charge < -0.3 is 19.7 Å². The van der Waals surface area contributed by atoms with E-state index in [1.165, 1.54) is 16.6 Å². The summed E-state index contributed by atoms with van der Waals surface area (Å²) in [6, 6.07) is 7.47. The van der Waals surface area contributed by atoms with Gasteiger partial charge in [-0.25, -0.2) is 0 Å². The zero-order valence-corrected chi connectivity index (χ0v) is 21.9. The molecule has 10 heteroatoms. The smallest absolute Gasteiger partial charge is 0.170 e. The van der Waals surface area contributed by atoms with Crippen LogP contribution in [0.5, 0.6) is 11.5 Å². The molecule has 2 aliphatic heterocycles. The first kappa shape index (κ1) is 25.5. The molecule has 0 spiro atoms. The summed E-state index contributed by atoms with van der Waals surface area (Å²) in [5.74, 6) is 6.51. The van der Waals surface area contributed by atoms with Crippen LogP contribution in [0.25, 0.3) is 0 Å². The van der Waals surface area contributed by atoms with Gasteiger partial charge in [-0.15, -0.1) is 58.8 Å². The number of hydrogen-bond acceptors (Lipinski definition) is 10. The van der Waals surface area contributed by atoms with Crippen molar-refractivity contribution in [3.63, 3.8) is 0 Å². The number of benzene rings is 1. The molecule has 2 aliphatic rings. The van der Waals surface area contributed by atoms with Gasteiger partial charge in [0, 0.05) is 55.5 Å². The van der Waals surface area contributed by atoms with E-state index in [9.17, 15) is 10.2 Å². The van der Waals surface area contributed by atoms with Gasteiger partial charge in [-0.3, -0.25) is 0 Å². The highest BCUT2D eigenvalue weighted by atomic mass is 32.2. The zero-order chi connectivity index (χ0) is 21.2. The molecule has 170 valence electrons. The standard InChI is InChI=1S/C20H30O4S6/c1-14(21)20(28-11-19-10-27-13-30-19)24-17-4-2-3-16(5-17)23-6-15(22)7-25-8-18-9-26-12-29-18/h2-5,14-15,18-22H,6-13H2,1H3. The SMILES string of the molecule is CC(O)C(Oc1cccc(OCC(O)CSCC2CSCS2)c1)SCC1CSCS1. The Kier molecular flexibility index (Phi) is 12.0. The van der Waals surface area contributed by atoms with Gasteiger partial charge in [0.1, 0.15) is 18.1 Å². The highest BCUT2D eigenvalue weighted by Crippen LogP contribution is 2.34. The predicted octanol–water partition coefficient (Wildman–Crippen LogP) is 4.59. The molecule has 4 nitrogen and oxygen atoms in total. The minimum Gasteiger partial charge on any atom is -0.491 e. The molecule has 30 heavy (non-hydrogen) atoms. The first-order chi connectivity index (χ1) is 14.6. The molecule has 0 radical (unpaired) electrons. The summed E-state index contributed by atoms with van der Waals surface area (Å²) >= 11 is 11.4. The summed E-state index contributed by atoms with van der Waals surface area (Å²) in [6.07, 6.45) is -1.05. The summed E-state index contributed by atoms with van der Waals surface area (Å²) in [4.78, 5) is 0. The predicted molar refractivity (Wildman–Crippen MR) is 141 cm³/mol. The van der Waals surface area contributed by atoms with Gasteiger partial charge in [-0.2, -0.15) is 11.8 Å². The summed E-state index contributed by atoms with van der Waals surface area (Å²) in [7, 11) is 0. The molecule has 5 unspecified atom stereocenters. The van der Waals surface area contributed by atoms with Crippen molar-refractivity contribution in [2.24, 2.45) is 0 Å². The Labute approximate surface area is 205 Å². The summed E-state index contributed by atoms with van der Waals surface area (Å²) < 4.78 is 11.8. The molecule has 2 saturated heterocycles. The lowest BCUT2D eigenvalue weighted by Crippen LogP contribution is -2.27. The van der Waals surface area contributed by atoms with Crippen molar-refractivity contribution in [1.29, 1.82) is 0 Å². The molecule has 0 bridgehead atoms. The van der Waals surface area contributed by atoms with Crippen LogP contribution in [0.15, 0.2) is 24.3 Å². The Morgan fingerprint density at radius 3 is 2.43 bits per heavy atom. The second-order valence-corrected chi connectivity index (χ2v) is 14.7. The van der Waals surface area contributed by atoms with E-state index < -0.39 is 12.2 Å². The van der Waals surface area contributed by atoms with Gasteiger partial charge in [0.15, 0.2) is 5.44 Å². The highest BCUT2D eigenvalue weighted by molar-refractivity contribution is 8.20. The summed E-state index contributed by atoms with van der Waals surface area (Å²) in [5, 5.41) is 24.0.